The van der Waals surface area contributed by atoms with Crippen LogP contribution in [0.15, 0.2) is 54.6 Å². The minimum Gasteiger partial charge on any atom is -0.497 e. The van der Waals surface area contributed by atoms with E-state index in [0.29, 0.717) is 54.7 Å². The highest BCUT2D eigenvalue weighted by Gasteiger charge is 2.46. The summed E-state index contributed by atoms with van der Waals surface area (Å²) in [6.45, 7) is 5.63. The molecule has 0 unspecified atom stereocenters. The molecule has 0 fully saturated rings. The summed E-state index contributed by atoms with van der Waals surface area (Å²) in [5.41, 5.74) is 4.09. The Morgan fingerprint density at radius 1 is 0.923 bits per heavy atom. The number of rotatable bonds is 9. The van der Waals surface area contributed by atoms with Crippen LogP contribution < -0.4 is 24.3 Å². The molecule has 0 radical (unpaired) electrons. The molecule has 3 aromatic rings. The third-order valence-electron chi connectivity index (χ3n) is 7.41. The summed E-state index contributed by atoms with van der Waals surface area (Å²) in [6.07, 6.45) is 0.670. The Morgan fingerprint density at radius 3 is 2.38 bits per heavy atom. The largest absolute Gasteiger partial charge is 0.497 e. The number of carbonyl (C=O) groups is 2. The number of amides is 2. The predicted molar refractivity (Wildman–Crippen MR) is 147 cm³/mol. The van der Waals surface area contributed by atoms with Gasteiger partial charge in [0.15, 0.2) is 11.5 Å². The highest BCUT2D eigenvalue weighted by Crippen LogP contribution is 2.48. The van der Waals surface area contributed by atoms with Crippen molar-refractivity contribution in [3.05, 3.63) is 82.4 Å². The maximum Gasteiger partial charge on any atom is 0.254 e. The molecule has 204 valence electrons. The van der Waals surface area contributed by atoms with Crippen LogP contribution in [-0.4, -0.2) is 50.7 Å². The highest BCUT2D eigenvalue weighted by molar-refractivity contribution is 6.01. The van der Waals surface area contributed by atoms with Crippen molar-refractivity contribution < 1.29 is 28.5 Å². The molecule has 1 N–H and O–H groups in total. The number of nitrogens with one attached hydrogen (secondary N) is 1. The molecular weight excluding hydrogens is 496 g/mol. The molecular formula is C31H34N2O6. The molecule has 5 rings (SSSR count). The average molecular weight is 531 g/mol. The van der Waals surface area contributed by atoms with E-state index in [1.165, 1.54) is 0 Å². The zero-order valence-corrected chi connectivity index (χ0v) is 22.8. The molecule has 0 saturated carbocycles. The number of methoxy groups -OCH3 is 2. The summed E-state index contributed by atoms with van der Waals surface area (Å²) in [4.78, 5) is 29.5. The third-order valence-corrected chi connectivity index (χ3v) is 7.41. The zero-order chi connectivity index (χ0) is 27.5. The van der Waals surface area contributed by atoms with Crippen molar-refractivity contribution in [1.29, 1.82) is 0 Å². The maximum absolute atomic E-state index is 14.0. The Hall–Kier alpha value is -4.20. The molecule has 2 heterocycles. The standard InChI is InChI=1S/C31H34N2O6/c1-5-38-26-15-19-13-14-33-29(24(19)17-27(26)39-6-2)28(22-9-7-8-10-23(22)31(33)35)30(34)32-18-20-11-12-21(36-3)16-25(20)37-4/h7-12,15-17,28-29H,5-6,13-14,18H2,1-4H3,(H,32,34)/t28-,29-/m1/s1. The van der Waals surface area contributed by atoms with Crippen molar-refractivity contribution in [1.82, 2.24) is 10.2 Å². The highest BCUT2D eigenvalue weighted by atomic mass is 16.5. The summed E-state index contributed by atoms with van der Waals surface area (Å²) in [5, 5.41) is 3.12. The van der Waals surface area contributed by atoms with Gasteiger partial charge in [-0.3, -0.25) is 9.59 Å². The van der Waals surface area contributed by atoms with Crippen molar-refractivity contribution in [3.63, 3.8) is 0 Å². The van der Waals surface area contributed by atoms with Gasteiger partial charge < -0.3 is 29.2 Å². The molecule has 0 aliphatic carbocycles. The first-order valence-corrected chi connectivity index (χ1v) is 13.3. The fraction of sp³-hybridized carbons (Fsp3) is 0.355. The Labute approximate surface area is 228 Å². The van der Waals surface area contributed by atoms with Crippen molar-refractivity contribution >= 4 is 11.8 Å². The molecule has 2 atom stereocenters. The van der Waals surface area contributed by atoms with Crippen LogP contribution in [-0.2, 0) is 17.8 Å². The summed E-state index contributed by atoms with van der Waals surface area (Å²) in [6, 6.07) is 16.4. The van der Waals surface area contributed by atoms with Crippen LogP contribution in [0.5, 0.6) is 23.0 Å². The van der Waals surface area contributed by atoms with Crippen LogP contribution in [0, 0.1) is 0 Å². The number of carbonyl (C=O) groups excluding carboxylic acids is 2. The van der Waals surface area contributed by atoms with E-state index in [1.54, 1.807) is 26.4 Å². The Kier molecular flexibility index (Phi) is 7.63. The van der Waals surface area contributed by atoms with Crippen LogP contribution in [0.4, 0.5) is 0 Å². The van der Waals surface area contributed by atoms with E-state index in [2.05, 4.69) is 5.32 Å². The van der Waals surface area contributed by atoms with E-state index in [-0.39, 0.29) is 18.4 Å². The summed E-state index contributed by atoms with van der Waals surface area (Å²) in [5.74, 6) is 1.78. The van der Waals surface area contributed by atoms with Crippen molar-refractivity contribution in [2.45, 2.75) is 38.8 Å². The molecule has 2 amide bonds. The summed E-state index contributed by atoms with van der Waals surface area (Å²) >= 11 is 0. The number of hydrogen-bond donors (Lipinski definition) is 1. The quantitative estimate of drug-likeness (QED) is 0.433. The first-order valence-electron chi connectivity index (χ1n) is 13.3. The van der Waals surface area contributed by atoms with Gasteiger partial charge in [0.05, 0.1) is 39.4 Å². The minimum atomic E-state index is -0.602. The second-order valence-corrected chi connectivity index (χ2v) is 9.52. The number of hydrogen-bond acceptors (Lipinski definition) is 6. The summed E-state index contributed by atoms with van der Waals surface area (Å²) in [7, 11) is 3.19. The van der Waals surface area contributed by atoms with Crippen molar-refractivity contribution in [2.24, 2.45) is 0 Å². The Balaban J connectivity index is 1.55. The third kappa shape index (κ3) is 4.87. The van der Waals surface area contributed by atoms with E-state index < -0.39 is 12.0 Å². The van der Waals surface area contributed by atoms with Gasteiger partial charge in [-0.05, 0) is 67.3 Å². The van der Waals surface area contributed by atoms with Crippen LogP contribution in [0.3, 0.4) is 0 Å². The lowest BCUT2D eigenvalue weighted by Crippen LogP contribution is -2.50. The van der Waals surface area contributed by atoms with Gasteiger partial charge in [0.25, 0.3) is 5.91 Å². The van der Waals surface area contributed by atoms with Crippen LogP contribution in [0.1, 0.15) is 58.4 Å². The van der Waals surface area contributed by atoms with E-state index in [9.17, 15) is 9.59 Å². The average Bonchev–Trinajstić information content (AvgIpc) is 2.96. The monoisotopic (exact) mass is 530 g/mol. The normalized spacial score (nSPS) is 17.4. The molecule has 39 heavy (non-hydrogen) atoms. The van der Waals surface area contributed by atoms with Gasteiger partial charge in [-0.15, -0.1) is 0 Å². The lowest BCUT2D eigenvalue weighted by atomic mass is 9.75. The molecule has 2 aliphatic heterocycles. The van der Waals surface area contributed by atoms with Gasteiger partial charge in [-0.25, -0.2) is 0 Å². The van der Waals surface area contributed by atoms with E-state index in [1.807, 2.05) is 61.2 Å². The predicted octanol–water partition coefficient (Wildman–Crippen LogP) is 4.65. The maximum atomic E-state index is 14.0. The molecule has 3 aromatic carbocycles. The lowest BCUT2D eigenvalue weighted by Gasteiger charge is -2.45. The van der Waals surface area contributed by atoms with Crippen molar-refractivity contribution in [2.75, 3.05) is 34.0 Å². The first kappa shape index (κ1) is 26.4. The number of fused-ring (bicyclic) bond motifs is 4. The molecule has 8 nitrogen and oxygen atoms in total. The summed E-state index contributed by atoms with van der Waals surface area (Å²) < 4.78 is 22.6. The number of benzene rings is 3. The SMILES string of the molecule is CCOc1cc2c(cc1OCC)[C@@H]1[C@H](C(=O)NCc3ccc(OC)cc3OC)c3ccccc3C(=O)N1CC2. The Bertz CT molecular complexity index is 1390. The van der Waals surface area contributed by atoms with Gasteiger partial charge in [-0.2, -0.15) is 0 Å². The first-order chi connectivity index (χ1) is 19.0. The molecule has 0 aromatic heterocycles. The molecule has 2 aliphatic rings. The van der Waals surface area contributed by atoms with Gasteiger partial charge in [0.1, 0.15) is 11.5 Å². The fourth-order valence-corrected chi connectivity index (χ4v) is 5.64. The lowest BCUT2D eigenvalue weighted by molar-refractivity contribution is -0.124. The van der Waals surface area contributed by atoms with Gasteiger partial charge >= 0.3 is 0 Å². The van der Waals surface area contributed by atoms with E-state index in [4.69, 9.17) is 18.9 Å². The second kappa shape index (κ2) is 11.3. The van der Waals surface area contributed by atoms with Crippen molar-refractivity contribution in [3.8, 4) is 23.0 Å². The zero-order valence-electron chi connectivity index (χ0n) is 22.8. The Morgan fingerprint density at radius 2 is 1.67 bits per heavy atom. The number of nitrogens with zero attached hydrogens (tertiary/aromatic N) is 1. The molecule has 8 heteroatoms. The molecule has 0 saturated heterocycles. The minimum absolute atomic E-state index is 0.0611. The van der Waals surface area contributed by atoms with Crippen LogP contribution >= 0.6 is 0 Å². The van der Waals surface area contributed by atoms with E-state index in [0.717, 1.165) is 22.3 Å². The van der Waals surface area contributed by atoms with Gasteiger partial charge in [-0.1, -0.05) is 18.2 Å². The van der Waals surface area contributed by atoms with Crippen LogP contribution in [0.25, 0.3) is 0 Å². The van der Waals surface area contributed by atoms with Crippen LogP contribution in [0.2, 0.25) is 0 Å². The molecule has 0 spiro atoms. The fourth-order valence-electron chi connectivity index (χ4n) is 5.64. The van der Waals surface area contributed by atoms with Gasteiger partial charge in [0.2, 0.25) is 5.91 Å². The second-order valence-electron chi connectivity index (χ2n) is 9.52. The van der Waals surface area contributed by atoms with E-state index >= 15 is 0 Å². The molecule has 0 bridgehead atoms. The van der Waals surface area contributed by atoms with Gasteiger partial charge in [0, 0.05) is 30.3 Å². The topological polar surface area (TPSA) is 86.3 Å². The number of ether oxygens (including phenoxy) is 4. The smallest absolute Gasteiger partial charge is 0.254 e.